The molecule has 0 radical (unpaired) electrons. The number of rotatable bonds is 18. The minimum atomic E-state index is -4.45. The van der Waals surface area contributed by atoms with Gasteiger partial charge in [0.15, 0.2) is 0 Å². The minimum absolute atomic E-state index is 0.150. The summed E-state index contributed by atoms with van der Waals surface area (Å²) in [6.07, 6.45) is 6.22. The van der Waals surface area contributed by atoms with Crippen LogP contribution in [0.3, 0.4) is 0 Å². The number of nitrogens with one attached hydrogen (secondary N) is 2. The third-order valence-electron chi connectivity index (χ3n) is 12.6. The Balaban J connectivity index is 0.957. The average Bonchev–Trinajstić information content (AvgIpc) is 3.28. The fourth-order valence-electron chi connectivity index (χ4n) is 9.02. The molecule has 0 unspecified atom stereocenters. The first-order chi connectivity index (χ1) is 30.7. The lowest BCUT2D eigenvalue weighted by Crippen LogP contribution is -2.47. The van der Waals surface area contributed by atoms with Crippen molar-refractivity contribution in [1.82, 2.24) is 14.5 Å². The summed E-state index contributed by atoms with van der Waals surface area (Å²) in [5.41, 5.74) is 5.41. The summed E-state index contributed by atoms with van der Waals surface area (Å²) in [5, 5.41) is 16.5. The highest BCUT2D eigenvalue weighted by molar-refractivity contribution is 7.99. The number of carbonyl (C=O) groups is 1. The van der Waals surface area contributed by atoms with Crippen molar-refractivity contribution < 1.29 is 22.9 Å². The highest BCUT2D eigenvalue weighted by atomic mass is 35.5. The third-order valence-corrected chi connectivity index (χ3v) is 15.4. The second-order valence-electron chi connectivity index (χ2n) is 17.9. The van der Waals surface area contributed by atoms with Gasteiger partial charge in [-0.2, -0.15) is 0 Å². The number of nitro groups is 1. The number of benzene rings is 4. The van der Waals surface area contributed by atoms with Crippen molar-refractivity contribution in [3.05, 3.63) is 129 Å². The molecule has 0 spiro atoms. The van der Waals surface area contributed by atoms with Gasteiger partial charge in [-0.1, -0.05) is 61.4 Å². The van der Waals surface area contributed by atoms with Crippen LogP contribution in [0.5, 0.6) is 0 Å². The molecule has 1 aliphatic carbocycles. The predicted molar refractivity (Wildman–Crippen MR) is 259 cm³/mol. The lowest BCUT2D eigenvalue weighted by atomic mass is 9.73. The Morgan fingerprint density at radius 1 is 0.938 bits per heavy atom. The van der Waals surface area contributed by atoms with Gasteiger partial charge in [0.2, 0.25) is 0 Å². The van der Waals surface area contributed by atoms with Crippen molar-refractivity contribution in [2.24, 2.45) is 5.41 Å². The highest BCUT2D eigenvalue weighted by Gasteiger charge is 2.30. The van der Waals surface area contributed by atoms with E-state index in [1.54, 1.807) is 23.9 Å². The SMILES string of the molecule is CCOC1CCN(CC[C@H](CSc2ccccc2)Nc2ccc(S(=O)(=O)NC(=O)c3ccc(N4CCN(CC5=C(c6ccc(Cl)cc6)CCC(C)(C)C5)CC4)cc3)cc2[N+](=O)[O-])CC1. The Kier molecular flexibility index (Phi) is 16.1. The molecule has 15 heteroatoms. The van der Waals surface area contributed by atoms with Crippen LogP contribution in [0.1, 0.15) is 75.2 Å². The lowest BCUT2D eigenvalue weighted by Gasteiger charge is -2.39. The van der Waals surface area contributed by atoms with Gasteiger partial charge in [0, 0.05) is 98.0 Å². The number of piperazine rings is 1. The quantitative estimate of drug-likeness (QED) is 0.0561. The molecule has 12 nitrogen and oxygen atoms in total. The molecule has 2 heterocycles. The van der Waals surface area contributed by atoms with Crippen LogP contribution >= 0.6 is 23.4 Å². The monoisotopic (exact) mass is 928 g/mol. The van der Waals surface area contributed by atoms with E-state index >= 15 is 0 Å². The smallest absolute Gasteiger partial charge is 0.293 e. The van der Waals surface area contributed by atoms with Crippen LogP contribution in [0.25, 0.3) is 5.57 Å². The molecule has 2 aliphatic heterocycles. The van der Waals surface area contributed by atoms with Gasteiger partial charge in [0.05, 0.1) is 15.9 Å². The van der Waals surface area contributed by atoms with Gasteiger partial charge in [-0.05, 0) is 123 Å². The Morgan fingerprint density at radius 3 is 2.31 bits per heavy atom. The van der Waals surface area contributed by atoms with Crippen LogP contribution in [0.4, 0.5) is 17.1 Å². The molecule has 1 amide bonds. The number of hydrogen-bond donors (Lipinski definition) is 2. The summed E-state index contributed by atoms with van der Waals surface area (Å²) in [6.45, 7) is 14.4. The normalized spacial score (nSPS) is 18.2. The molecule has 1 atom stereocenters. The van der Waals surface area contributed by atoms with E-state index in [1.165, 1.54) is 28.8 Å². The molecule has 4 aromatic rings. The Morgan fingerprint density at radius 2 is 1.64 bits per heavy atom. The van der Waals surface area contributed by atoms with Crippen LogP contribution < -0.4 is 14.9 Å². The second-order valence-corrected chi connectivity index (χ2v) is 21.1. The number of sulfonamides is 1. The number of thioether (sulfide) groups is 1. The Hall–Kier alpha value is -4.44. The number of hydrogen-bond acceptors (Lipinski definition) is 11. The maximum atomic E-state index is 13.5. The highest BCUT2D eigenvalue weighted by Crippen LogP contribution is 2.43. The number of ether oxygens (including phenoxy) is 1. The topological polar surface area (TPSA) is 137 Å². The van der Waals surface area contributed by atoms with Crippen molar-refractivity contribution in [3.63, 3.8) is 0 Å². The molecule has 0 aromatic heterocycles. The molecule has 2 saturated heterocycles. The van der Waals surface area contributed by atoms with E-state index in [0.29, 0.717) is 12.4 Å². The van der Waals surface area contributed by atoms with Gasteiger partial charge in [0.25, 0.3) is 21.6 Å². The number of amides is 1. The van der Waals surface area contributed by atoms with E-state index in [4.69, 9.17) is 16.3 Å². The van der Waals surface area contributed by atoms with Crippen molar-refractivity contribution in [2.75, 3.05) is 74.9 Å². The molecule has 342 valence electrons. The number of likely N-dealkylation sites (tertiary alicyclic amines) is 1. The molecule has 2 N–H and O–H groups in total. The molecule has 3 aliphatic rings. The van der Waals surface area contributed by atoms with E-state index in [1.807, 2.05) is 61.5 Å². The zero-order valence-corrected chi connectivity index (χ0v) is 39.5. The summed E-state index contributed by atoms with van der Waals surface area (Å²) in [7, 11) is -4.45. The van der Waals surface area contributed by atoms with Gasteiger partial charge in [-0.15, -0.1) is 11.8 Å². The lowest BCUT2D eigenvalue weighted by molar-refractivity contribution is -0.384. The maximum absolute atomic E-state index is 13.5. The number of allylic oxidation sites excluding steroid dienone is 1. The molecule has 4 aromatic carbocycles. The standard InChI is InChI=1S/C49H61ClN6O6S2/c1-4-62-42-22-26-53(27-23-42)25-21-40(35-63-43-8-6-5-7-9-43)51-46-19-18-44(32-47(46)56(58)59)64(60,61)52-48(57)37-12-16-41(17-13-37)55-30-28-54(29-31-55)34-38-33-49(2,3)24-20-45(38)36-10-14-39(50)15-11-36/h5-19,32,40,42,51H,4,20-31,33-35H2,1-3H3,(H,52,57)/t40-/m1/s1. The first-order valence-electron chi connectivity index (χ1n) is 22.4. The second kappa shape index (κ2) is 21.7. The average molecular weight is 930 g/mol. The number of anilines is 2. The first kappa shape index (κ1) is 47.5. The minimum Gasteiger partial charge on any atom is -0.378 e. The summed E-state index contributed by atoms with van der Waals surface area (Å²) in [4.78, 5) is 33.1. The Bertz CT molecular complexity index is 2350. The molecule has 64 heavy (non-hydrogen) atoms. The third kappa shape index (κ3) is 12.9. The molecule has 0 bridgehead atoms. The zero-order chi connectivity index (χ0) is 45.3. The van der Waals surface area contributed by atoms with Crippen molar-refractivity contribution in [3.8, 4) is 0 Å². The van der Waals surface area contributed by atoms with E-state index < -0.39 is 20.9 Å². The maximum Gasteiger partial charge on any atom is 0.293 e. The summed E-state index contributed by atoms with van der Waals surface area (Å²) in [5.74, 6) is -0.171. The molecule has 7 rings (SSSR count). The first-order valence-corrected chi connectivity index (χ1v) is 25.3. The number of nitrogens with zero attached hydrogens (tertiary/aromatic N) is 4. The van der Waals surface area contributed by atoms with Crippen molar-refractivity contribution in [1.29, 1.82) is 0 Å². The summed E-state index contributed by atoms with van der Waals surface area (Å²) < 4.78 is 35.0. The largest absolute Gasteiger partial charge is 0.378 e. The summed E-state index contributed by atoms with van der Waals surface area (Å²) >= 11 is 7.86. The fourth-order valence-corrected chi connectivity index (χ4v) is 11.1. The number of nitro benzene ring substituents is 1. The Labute approximate surface area is 388 Å². The van der Waals surface area contributed by atoms with Crippen molar-refractivity contribution >= 4 is 61.9 Å². The molecule has 0 saturated carbocycles. The zero-order valence-electron chi connectivity index (χ0n) is 37.1. The van der Waals surface area contributed by atoms with Crippen LogP contribution in [0.15, 0.2) is 112 Å². The molecular formula is C49H61ClN6O6S2. The van der Waals surface area contributed by atoms with E-state index in [0.717, 1.165) is 113 Å². The van der Waals surface area contributed by atoms with Gasteiger partial charge in [-0.25, -0.2) is 13.1 Å². The predicted octanol–water partition coefficient (Wildman–Crippen LogP) is 9.62. The van der Waals surface area contributed by atoms with Crippen LogP contribution in [0, 0.1) is 15.5 Å². The van der Waals surface area contributed by atoms with Crippen LogP contribution in [-0.2, 0) is 14.8 Å². The van der Waals surface area contributed by atoms with Crippen molar-refractivity contribution in [2.45, 2.75) is 81.2 Å². The van der Waals surface area contributed by atoms with E-state index in [2.05, 4.69) is 50.7 Å². The number of carbonyl (C=O) groups excluding carboxylic acids is 1. The van der Waals surface area contributed by atoms with Gasteiger partial charge in [-0.3, -0.25) is 19.8 Å². The van der Waals surface area contributed by atoms with Gasteiger partial charge >= 0.3 is 0 Å². The van der Waals surface area contributed by atoms with E-state index in [-0.39, 0.29) is 39.4 Å². The molecule has 2 fully saturated rings. The van der Waals surface area contributed by atoms with Gasteiger partial charge < -0.3 is 19.9 Å². The fraction of sp³-hybridized carbons (Fsp3) is 0.449. The number of halogens is 1. The molecular weight excluding hydrogens is 868 g/mol. The van der Waals surface area contributed by atoms with Crippen LogP contribution in [0.2, 0.25) is 5.02 Å². The summed E-state index contributed by atoms with van der Waals surface area (Å²) in [6, 6.07) is 28.7. The van der Waals surface area contributed by atoms with Crippen LogP contribution in [-0.4, -0.2) is 106 Å². The number of piperidine rings is 1. The van der Waals surface area contributed by atoms with E-state index in [9.17, 15) is 23.3 Å². The van der Waals surface area contributed by atoms with Gasteiger partial charge in [0.1, 0.15) is 5.69 Å².